The van der Waals surface area contributed by atoms with Crippen molar-refractivity contribution in [2.24, 2.45) is 0 Å². The average molecular weight is 241 g/mol. The molecular weight excluding hydrogens is 216 g/mol. The van der Waals surface area contributed by atoms with Gasteiger partial charge in [0.15, 0.2) is 6.29 Å². The van der Waals surface area contributed by atoms with Crippen molar-refractivity contribution in [1.29, 1.82) is 0 Å². The summed E-state index contributed by atoms with van der Waals surface area (Å²) in [5, 5.41) is 0. The Morgan fingerprint density at radius 3 is 1.76 bits per heavy atom. The lowest BCUT2D eigenvalue weighted by atomic mass is 10.3. The smallest absolute Gasteiger partial charge is 0.181 e. The van der Waals surface area contributed by atoms with E-state index in [4.69, 9.17) is 14.2 Å². The molecule has 0 atom stereocenters. The second-order valence-electron chi connectivity index (χ2n) is 5.09. The van der Waals surface area contributed by atoms with Gasteiger partial charge >= 0.3 is 0 Å². The molecule has 17 heavy (non-hydrogen) atoms. The molecule has 0 aromatic rings. The highest BCUT2D eigenvalue weighted by molar-refractivity contribution is 4.70. The lowest BCUT2D eigenvalue weighted by Gasteiger charge is -2.25. The molecule has 0 heterocycles. The van der Waals surface area contributed by atoms with Crippen LogP contribution in [0.3, 0.4) is 0 Å². The highest BCUT2D eigenvalue weighted by Gasteiger charge is 2.25. The summed E-state index contributed by atoms with van der Waals surface area (Å²) in [7, 11) is 0. The van der Waals surface area contributed by atoms with Gasteiger partial charge in [-0.2, -0.15) is 0 Å². The van der Waals surface area contributed by atoms with E-state index in [1.807, 2.05) is 0 Å². The van der Waals surface area contributed by atoms with E-state index in [0.29, 0.717) is 25.4 Å². The molecule has 0 saturated heterocycles. The highest BCUT2D eigenvalue weighted by Crippen LogP contribution is 2.26. The van der Waals surface area contributed by atoms with Crippen LogP contribution in [0.4, 0.5) is 0 Å². The van der Waals surface area contributed by atoms with Crippen molar-refractivity contribution in [1.82, 2.24) is 0 Å². The minimum atomic E-state index is -0.178. The van der Waals surface area contributed by atoms with Crippen molar-refractivity contribution < 1.29 is 14.2 Å². The first-order valence-electron chi connectivity index (χ1n) is 7.06. The van der Waals surface area contributed by atoms with Crippen LogP contribution in [0, 0.1) is 6.92 Å². The van der Waals surface area contributed by atoms with Crippen molar-refractivity contribution in [3.05, 3.63) is 6.92 Å². The molecule has 0 amide bonds. The van der Waals surface area contributed by atoms with E-state index in [9.17, 15) is 0 Å². The lowest BCUT2D eigenvalue weighted by Crippen LogP contribution is -2.31. The third-order valence-corrected chi connectivity index (χ3v) is 3.69. The summed E-state index contributed by atoms with van der Waals surface area (Å²) >= 11 is 0. The minimum Gasteiger partial charge on any atom is -0.376 e. The standard InChI is InChI=1S/C14H25O3/c1-2-15-11-14(16-12-7-3-4-8-12)17-13-9-5-6-10-13/h12-14H,1-11H2. The zero-order valence-electron chi connectivity index (χ0n) is 10.7. The Labute approximate surface area is 105 Å². The van der Waals surface area contributed by atoms with E-state index < -0.39 is 0 Å². The quantitative estimate of drug-likeness (QED) is 0.641. The molecule has 2 saturated carbocycles. The maximum atomic E-state index is 6.00. The Hall–Kier alpha value is -0.120. The fourth-order valence-electron chi connectivity index (χ4n) is 2.77. The molecule has 2 aliphatic rings. The van der Waals surface area contributed by atoms with Crippen LogP contribution in [0.1, 0.15) is 51.4 Å². The van der Waals surface area contributed by atoms with Crippen LogP contribution < -0.4 is 0 Å². The second kappa shape index (κ2) is 7.34. The summed E-state index contributed by atoms with van der Waals surface area (Å²) in [6.45, 7) is 4.70. The number of ether oxygens (including phenoxy) is 3. The highest BCUT2D eigenvalue weighted by atomic mass is 16.7. The van der Waals surface area contributed by atoms with E-state index in [0.717, 1.165) is 0 Å². The second-order valence-corrected chi connectivity index (χ2v) is 5.09. The summed E-state index contributed by atoms with van der Waals surface area (Å²) < 4.78 is 17.4. The maximum absolute atomic E-state index is 6.00. The van der Waals surface area contributed by atoms with Gasteiger partial charge in [-0.25, -0.2) is 0 Å². The summed E-state index contributed by atoms with van der Waals surface area (Å²) in [6.07, 6.45) is 10.4. The first-order chi connectivity index (χ1) is 8.38. The predicted octanol–water partition coefficient (Wildman–Crippen LogP) is 3.08. The molecule has 0 aromatic heterocycles. The Bertz CT molecular complexity index is 178. The zero-order chi connectivity index (χ0) is 11.9. The van der Waals surface area contributed by atoms with E-state index in [2.05, 4.69) is 6.92 Å². The van der Waals surface area contributed by atoms with Gasteiger partial charge in [0.05, 0.1) is 18.8 Å². The average Bonchev–Trinajstić information content (AvgIpc) is 2.99. The third-order valence-electron chi connectivity index (χ3n) is 3.69. The Kier molecular flexibility index (Phi) is 5.75. The Balaban J connectivity index is 1.74. The molecule has 0 unspecified atom stereocenters. The van der Waals surface area contributed by atoms with E-state index in [1.165, 1.54) is 51.4 Å². The van der Waals surface area contributed by atoms with Crippen molar-refractivity contribution in [3.8, 4) is 0 Å². The van der Waals surface area contributed by atoms with Crippen LogP contribution in [-0.4, -0.2) is 31.7 Å². The number of hydrogen-bond acceptors (Lipinski definition) is 3. The molecule has 3 nitrogen and oxygen atoms in total. The lowest BCUT2D eigenvalue weighted by molar-refractivity contribution is -0.212. The molecule has 0 N–H and O–H groups in total. The molecule has 2 fully saturated rings. The monoisotopic (exact) mass is 241 g/mol. The van der Waals surface area contributed by atoms with Crippen LogP contribution in [0.15, 0.2) is 0 Å². The molecule has 1 radical (unpaired) electrons. The van der Waals surface area contributed by atoms with Crippen LogP contribution in [0.2, 0.25) is 0 Å². The van der Waals surface area contributed by atoms with Gasteiger partial charge in [0.2, 0.25) is 0 Å². The molecule has 3 heteroatoms. The van der Waals surface area contributed by atoms with Crippen molar-refractivity contribution >= 4 is 0 Å². The molecule has 2 aliphatic carbocycles. The normalized spacial score (nSPS) is 22.9. The summed E-state index contributed by atoms with van der Waals surface area (Å²) in [6, 6.07) is 0. The van der Waals surface area contributed by atoms with Crippen LogP contribution in [0.5, 0.6) is 0 Å². The van der Waals surface area contributed by atoms with Gasteiger partial charge in [-0.1, -0.05) is 25.7 Å². The van der Waals surface area contributed by atoms with Gasteiger partial charge in [-0.3, -0.25) is 0 Å². The van der Waals surface area contributed by atoms with Crippen molar-refractivity contribution in [3.63, 3.8) is 0 Å². The topological polar surface area (TPSA) is 27.7 Å². The minimum absolute atomic E-state index is 0.178. The molecule has 0 spiro atoms. The van der Waals surface area contributed by atoms with Gasteiger partial charge in [-0.05, 0) is 32.6 Å². The molecule has 0 bridgehead atoms. The van der Waals surface area contributed by atoms with E-state index >= 15 is 0 Å². The molecule has 0 aliphatic heterocycles. The van der Waals surface area contributed by atoms with E-state index in [1.54, 1.807) is 0 Å². The number of hydrogen-bond donors (Lipinski definition) is 0. The number of rotatable bonds is 7. The fourth-order valence-corrected chi connectivity index (χ4v) is 2.77. The van der Waals surface area contributed by atoms with Gasteiger partial charge in [0.1, 0.15) is 0 Å². The van der Waals surface area contributed by atoms with E-state index in [-0.39, 0.29) is 6.29 Å². The van der Waals surface area contributed by atoms with Gasteiger partial charge in [0.25, 0.3) is 0 Å². The fraction of sp³-hybridized carbons (Fsp3) is 0.929. The largest absolute Gasteiger partial charge is 0.376 e. The zero-order valence-corrected chi connectivity index (χ0v) is 10.7. The molecule has 0 aromatic carbocycles. The van der Waals surface area contributed by atoms with Gasteiger partial charge < -0.3 is 14.2 Å². The summed E-state index contributed by atoms with van der Waals surface area (Å²) in [5.41, 5.74) is 0. The van der Waals surface area contributed by atoms with Crippen molar-refractivity contribution in [2.75, 3.05) is 13.2 Å². The SMILES string of the molecule is [CH2]COCC(OC1CCCC1)OC1CCCC1. The first kappa shape index (κ1) is 13.3. The summed E-state index contributed by atoms with van der Waals surface area (Å²) in [4.78, 5) is 0. The van der Waals surface area contributed by atoms with Gasteiger partial charge in [0, 0.05) is 6.61 Å². The summed E-state index contributed by atoms with van der Waals surface area (Å²) in [5.74, 6) is 0. The Morgan fingerprint density at radius 2 is 1.35 bits per heavy atom. The maximum Gasteiger partial charge on any atom is 0.181 e. The molecule has 99 valence electrons. The van der Waals surface area contributed by atoms with Crippen LogP contribution in [0.25, 0.3) is 0 Å². The first-order valence-corrected chi connectivity index (χ1v) is 7.06. The molecule has 2 rings (SSSR count). The van der Waals surface area contributed by atoms with Crippen molar-refractivity contribution in [2.45, 2.75) is 69.9 Å². The van der Waals surface area contributed by atoms with Gasteiger partial charge in [-0.15, -0.1) is 0 Å². The Morgan fingerprint density at radius 1 is 0.882 bits per heavy atom. The van der Waals surface area contributed by atoms with Crippen LogP contribution >= 0.6 is 0 Å². The predicted molar refractivity (Wildman–Crippen MR) is 66.6 cm³/mol. The van der Waals surface area contributed by atoms with Crippen LogP contribution in [-0.2, 0) is 14.2 Å². The molecular formula is C14H25O3. The third kappa shape index (κ3) is 4.57.